The molecule has 3 N–H and O–H groups in total. The first kappa shape index (κ1) is 20.5. The van der Waals surface area contributed by atoms with Crippen molar-refractivity contribution in [2.75, 3.05) is 0 Å². The van der Waals surface area contributed by atoms with Crippen LogP contribution < -0.4 is 5.46 Å². The summed E-state index contributed by atoms with van der Waals surface area (Å²) in [6.45, 7) is 0. The maximum atomic E-state index is 11.5. The van der Waals surface area contributed by atoms with Crippen molar-refractivity contribution < 1.29 is 15.2 Å². The standard InChI is InChI=1S/C30H21BO3/c32-30-28(24-16-14-20-8-2-4-10-22(20)18-24)26-12-6-5-11-25(26)27(29(30)31(33)34)23-15-13-19-7-1-3-9-21(19)17-23/h1-18,32-34H. The Morgan fingerprint density at radius 2 is 0.912 bits per heavy atom. The molecule has 0 heterocycles. The Kier molecular flexibility index (Phi) is 4.84. The van der Waals surface area contributed by atoms with Gasteiger partial charge in [0.25, 0.3) is 0 Å². The molecule has 0 aliphatic rings. The van der Waals surface area contributed by atoms with E-state index in [2.05, 4.69) is 0 Å². The molecule has 0 amide bonds. The van der Waals surface area contributed by atoms with E-state index in [1.165, 1.54) is 0 Å². The Bertz CT molecular complexity index is 1710. The maximum Gasteiger partial charge on any atom is 0.492 e. The molecule has 0 aromatic heterocycles. The van der Waals surface area contributed by atoms with E-state index in [9.17, 15) is 15.2 Å². The summed E-state index contributed by atoms with van der Waals surface area (Å²) in [6.07, 6.45) is 0. The molecule has 34 heavy (non-hydrogen) atoms. The topological polar surface area (TPSA) is 60.7 Å². The van der Waals surface area contributed by atoms with Gasteiger partial charge in [0.05, 0.1) is 0 Å². The van der Waals surface area contributed by atoms with E-state index in [-0.39, 0.29) is 11.2 Å². The van der Waals surface area contributed by atoms with Gasteiger partial charge < -0.3 is 15.2 Å². The number of fused-ring (bicyclic) bond motifs is 3. The molecule has 0 aliphatic heterocycles. The summed E-state index contributed by atoms with van der Waals surface area (Å²) in [5, 5.41) is 38.4. The lowest BCUT2D eigenvalue weighted by Crippen LogP contribution is -2.32. The van der Waals surface area contributed by atoms with E-state index in [4.69, 9.17) is 0 Å². The number of hydrogen-bond donors (Lipinski definition) is 3. The zero-order valence-corrected chi connectivity index (χ0v) is 18.3. The van der Waals surface area contributed by atoms with Gasteiger partial charge in [0.1, 0.15) is 5.75 Å². The first-order chi connectivity index (χ1) is 16.6. The highest BCUT2D eigenvalue weighted by Gasteiger charge is 2.28. The van der Waals surface area contributed by atoms with Crippen LogP contribution in [0.4, 0.5) is 0 Å². The molecule has 162 valence electrons. The number of aromatic hydroxyl groups is 1. The van der Waals surface area contributed by atoms with Crippen molar-refractivity contribution >= 4 is 44.9 Å². The number of rotatable bonds is 3. The summed E-state index contributed by atoms with van der Waals surface area (Å²) < 4.78 is 0. The van der Waals surface area contributed by atoms with E-state index in [1.807, 2.05) is 109 Å². The highest BCUT2D eigenvalue weighted by molar-refractivity contribution is 6.63. The van der Waals surface area contributed by atoms with Crippen LogP contribution in [0.15, 0.2) is 109 Å². The summed E-state index contributed by atoms with van der Waals surface area (Å²) in [6, 6.07) is 35.9. The monoisotopic (exact) mass is 440 g/mol. The largest absolute Gasteiger partial charge is 0.508 e. The lowest BCUT2D eigenvalue weighted by Gasteiger charge is -2.20. The predicted molar refractivity (Wildman–Crippen MR) is 141 cm³/mol. The highest BCUT2D eigenvalue weighted by Crippen LogP contribution is 2.42. The van der Waals surface area contributed by atoms with Crippen LogP contribution >= 0.6 is 0 Å². The van der Waals surface area contributed by atoms with E-state index in [0.717, 1.165) is 43.4 Å². The minimum absolute atomic E-state index is 0.108. The third-order valence-electron chi connectivity index (χ3n) is 6.56. The molecule has 0 saturated heterocycles. The van der Waals surface area contributed by atoms with Crippen LogP contribution in [-0.2, 0) is 0 Å². The fourth-order valence-electron chi connectivity index (χ4n) is 4.99. The van der Waals surface area contributed by atoms with Gasteiger partial charge in [0.15, 0.2) is 0 Å². The molecule has 0 unspecified atom stereocenters. The van der Waals surface area contributed by atoms with Gasteiger partial charge in [-0.3, -0.25) is 0 Å². The summed E-state index contributed by atoms with van der Waals surface area (Å²) in [4.78, 5) is 0. The molecule has 0 atom stereocenters. The Morgan fingerprint density at radius 1 is 0.471 bits per heavy atom. The zero-order valence-electron chi connectivity index (χ0n) is 18.3. The summed E-state index contributed by atoms with van der Waals surface area (Å²) in [5.41, 5.74) is 2.96. The van der Waals surface area contributed by atoms with Crippen LogP contribution in [0.1, 0.15) is 0 Å². The van der Waals surface area contributed by atoms with E-state index < -0.39 is 7.12 Å². The van der Waals surface area contributed by atoms with Gasteiger partial charge in [-0.15, -0.1) is 0 Å². The van der Waals surface area contributed by atoms with Crippen LogP contribution in [0.3, 0.4) is 0 Å². The molecule has 0 saturated carbocycles. The van der Waals surface area contributed by atoms with Crippen molar-refractivity contribution in [2.24, 2.45) is 0 Å². The summed E-state index contributed by atoms with van der Waals surface area (Å²) in [7, 11) is -1.84. The zero-order chi connectivity index (χ0) is 23.2. The molecule has 0 radical (unpaired) electrons. The minimum atomic E-state index is -1.84. The van der Waals surface area contributed by atoms with Crippen molar-refractivity contribution in [3.63, 3.8) is 0 Å². The third-order valence-corrected chi connectivity index (χ3v) is 6.56. The van der Waals surface area contributed by atoms with Crippen LogP contribution in [-0.4, -0.2) is 22.3 Å². The molecule has 0 fully saturated rings. The van der Waals surface area contributed by atoms with Gasteiger partial charge in [0.2, 0.25) is 0 Å². The second-order valence-corrected chi connectivity index (χ2v) is 8.56. The summed E-state index contributed by atoms with van der Waals surface area (Å²) >= 11 is 0. The predicted octanol–water partition coefficient (Wildman–Crippen LogP) is 5.87. The van der Waals surface area contributed by atoms with Crippen LogP contribution in [0, 0.1) is 0 Å². The van der Waals surface area contributed by atoms with Gasteiger partial charge in [-0.2, -0.15) is 0 Å². The molecule has 6 aromatic rings. The lowest BCUT2D eigenvalue weighted by molar-refractivity contribution is 0.420. The smallest absolute Gasteiger partial charge is 0.492 e. The second kappa shape index (κ2) is 8.03. The molecule has 0 spiro atoms. The third kappa shape index (κ3) is 3.24. The van der Waals surface area contributed by atoms with Gasteiger partial charge in [0, 0.05) is 11.0 Å². The van der Waals surface area contributed by atoms with Crippen LogP contribution in [0.2, 0.25) is 0 Å². The van der Waals surface area contributed by atoms with Gasteiger partial charge >= 0.3 is 7.12 Å². The van der Waals surface area contributed by atoms with Crippen molar-refractivity contribution in [3.05, 3.63) is 109 Å². The van der Waals surface area contributed by atoms with Crippen molar-refractivity contribution in [1.29, 1.82) is 0 Å². The Balaban J connectivity index is 1.71. The SMILES string of the molecule is OB(O)c1c(O)c(-c2ccc3ccccc3c2)c2ccccc2c1-c1ccc2ccccc2c1. The van der Waals surface area contributed by atoms with E-state index in [0.29, 0.717) is 11.1 Å². The lowest BCUT2D eigenvalue weighted by atomic mass is 9.71. The van der Waals surface area contributed by atoms with E-state index in [1.54, 1.807) is 0 Å². The highest BCUT2D eigenvalue weighted by atomic mass is 16.4. The van der Waals surface area contributed by atoms with Crippen molar-refractivity contribution in [3.8, 4) is 28.0 Å². The number of hydrogen-bond acceptors (Lipinski definition) is 3. The van der Waals surface area contributed by atoms with Gasteiger partial charge in [-0.05, 0) is 61.1 Å². The van der Waals surface area contributed by atoms with Crippen molar-refractivity contribution in [2.45, 2.75) is 0 Å². The molecular formula is C30H21BO3. The average Bonchev–Trinajstić information content (AvgIpc) is 2.87. The molecule has 6 rings (SSSR count). The average molecular weight is 440 g/mol. The molecular weight excluding hydrogens is 419 g/mol. The number of phenolic OH excluding ortho intramolecular Hbond substituents is 1. The first-order valence-electron chi connectivity index (χ1n) is 11.2. The van der Waals surface area contributed by atoms with Crippen LogP contribution in [0.25, 0.3) is 54.6 Å². The second-order valence-electron chi connectivity index (χ2n) is 8.56. The molecule has 0 bridgehead atoms. The van der Waals surface area contributed by atoms with E-state index >= 15 is 0 Å². The Hall–Kier alpha value is -4.12. The first-order valence-corrected chi connectivity index (χ1v) is 11.2. The Labute approximate surface area is 197 Å². The number of phenols is 1. The molecule has 0 aliphatic carbocycles. The van der Waals surface area contributed by atoms with Crippen LogP contribution in [0.5, 0.6) is 5.75 Å². The normalized spacial score (nSPS) is 11.4. The molecule has 3 nitrogen and oxygen atoms in total. The maximum absolute atomic E-state index is 11.5. The molecule has 4 heteroatoms. The Morgan fingerprint density at radius 3 is 1.44 bits per heavy atom. The fourth-order valence-corrected chi connectivity index (χ4v) is 4.99. The molecule has 6 aromatic carbocycles. The van der Waals surface area contributed by atoms with Gasteiger partial charge in [-0.1, -0.05) is 97.1 Å². The fraction of sp³-hybridized carbons (Fsp3) is 0. The number of benzene rings is 6. The van der Waals surface area contributed by atoms with Gasteiger partial charge in [-0.25, -0.2) is 0 Å². The quantitative estimate of drug-likeness (QED) is 0.302. The summed E-state index contributed by atoms with van der Waals surface area (Å²) in [5.74, 6) is -0.118. The minimum Gasteiger partial charge on any atom is -0.508 e. The van der Waals surface area contributed by atoms with Crippen molar-refractivity contribution in [1.82, 2.24) is 0 Å².